The van der Waals surface area contributed by atoms with Crippen LogP contribution in [0.15, 0.2) is 30.6 Å². The first kappa shape index (κ1) is 16.1. The molecular formula is C18H21N5OS. The van der Waals surface area contributed by atoms with Gasteiger partial charge in [0, 0.05) is 39.4 Å². The van der Waals surface area contributed by atoms with Crippen molar-refractivity contribution < 1.29 is 4.79 Å². The molecule has 1 aromatic carbocycles. The summed E-state index contributed by atoms with van der Waals surface area (Å²) >= 11 is 1.74. The number of amides is 1. The summed E-state index contributed by atoms with van der Waals surface area (Å²) in [5.41, 5.74) is 3.06. The molecule has 0 spiro atoms. The van der Waals surface area contributed by atoms with Crippen LogP contribution in [0.3, 0.4) is 0 Å². The molecule has 1 saturated heterocycles. The van der Waals surface area contributed by atoms with Crippen molar-refractivity contribution in [1.82, 2.24) is 19.7 Å². The van der Waals surface area contributed by atoms with E-state index in [1.165, 1.54) is 10.3 Å². The highest BCUT2D eigenvalue weighted by Crippen LogP contribution is 2.30. The zero-order chi connectivity index (χ0) is 17.4. The van der Waals surface area contributed by atoms with Crippen LogP contribution in [-0.2, 0) is 13.5 Å². The number of aryl methyl sites for hydroxylation is 2. The van der Waals surface area contributed by atoms with Crippen LogP contribution in [0, 0.1) is 0 Å². The predicted octanol–water partition coefficient (Wildman–Crippen LogP) is 2.55. The fraction of sp³-hybridized carbons (Fsp3) is 0.389. The molecule has 130 valence electrons. The average Bonchev–Trinajstić information content (AvgIpc) is 3.26. The van der Waals surface area contributed by atoms with Gasteiger partial charge in [0.05, 0.1) is 22.0 Å². The van der Waals surface area contributed by atoms with Crippen molar-refractivity contribution in [2.24, 2.45) is 7.05 Å². The number of rotatable bonds is 3. The number of anilines is 1. The molecule has 1 fully saturated rings. The van der Waals surface area contributed by atoms with E-state index in [1.807, 2.05) is 11.9 Å². The standard InChI is InChI=1S/C18H21N5OS/c1-3-13-4-5-15-16(10-13)25-18(20-15)23-8-6-22(7-9-23)17(24)14-11-19-21(2)12-14/h4-5,10-12H,3,6-9H2,1-2H3. The van der Waals surface area contributed by atoms with Crippen LogP contribution >= 0.6 is 11.3 Å². The van der Waals surface area contributed by atoms with Gasteiger partial charge in [-0.1, -0.05) is 24.3 Å². The number of fused-ring (bicyclic) bond motifs is 1. The minimum Gasteiger partial charge on any atom is -0.345 e. The highest BCUT2D eigenvalue weighted by molar-refractivity contribution is 7.22. The zero-order valence-electron chi connectivity index (χ0n) is 14.5. The van der Waals surface area contributed by atoms with Gasteiger partial charge in [-0.15, -0.1) is 0 Å². The summed E-state index contributed by atoms with van der Waals surface area (Å²) < 4.78 is 2.90. The Hall–Kier alpha value is -2.41. The Morgan fingerprint density at radius 1 is 1.24 bits per heavy atom. The van der Waals surface area contributed by atoms with Gasteiger partial charge in [0.2, 0.25) is 0 Å². The Morgan fingerprint density at radius 2 is 2.04 bits per heavy atom. The van der Waals surface area contributed by atoms with Gasteiger partial charge in [0.25, 0.3) is 5.91 Å². The molecule has 6 nitrogen and oxygen atoms in total. The van der Waals surface area contributed by atoms with E-state index in [-0.39, 0.29) is 5.91 Å². The Kier molecular flexibility index (Phi) is 4.17. The third-order valence-corrected chi connectivity index (χ3v) is 5.72. The third kappa shape index (κ3) is 3.11. The fourth-order valence-corrected chi connectivity index (χ4v) is 4.21. The summed E-state index contributed by atoms with van der Waals surface area (Å²) in [5, 5.41) is 5.14. The maximum Gasteiger partial charge on any atom is 0.257 e. The fourth-order valence-electron chi connectivity index (χ4n) is 3.13. The number of hydrogen-bond donors (Lipinski definition) is 0. The van der Waals surface area contributed by atoms with Gasteiger partial charge in [0.15, 0.2) is 5.13 Å². The van der Waals surface area contributed by atoms with Crippen molar-refractivity contribution in [3.8, 4) is 0 Å². The molecule has 0 aliphatic carbocycles. The highest BCUT2D eigenvalue weighted by Gasteiger charge is 2.24. The molecule has 3 heterocycles. The molecule has 1 aliphatic heterocycles. The molecule has 1 amide bonds. The molecule has 0 radical (unpaired) electrons. The van der Waals surface area contributed by atoms with Crippen molar-refractivity contribution in [2.45, 2.75) is 13.3 Å². The molecule has 0 atom stereocenters. The molecule has 0 unspecified atom stereocenters. The van der Waals surface area contributed by atoms with E-state index in [0.717, 1.165) is 30.2 Å². The highest BCUT2D eigenvalue weighted by atomic mass is 32.1. The monoisotopic (exact) mass is 355 g/mol. The predicted molar refractivity (Wildman–Crippen MR) is 100 cm³/mol. The van der Waals surface area contributed by atoms with Gasteiger partial charge in [-0.3, -0.25) is 9.48 Å². The molecule has 3 aromatic rings. The van der Waals surface area contributed by atoms with Crippen LogP contribution in [-0.4, -0.2) is 51.8 Å². The number of benzene rings is 1. The minimum absolute atomic E-state index is 0.0598. The summed E-state index contributed by atoms with van der Waals surface area (Å²) in [4.78, 5) is 21.5. The Bertz CT molecular complexity index is 907. The van der Waals surface area contributed by atoms with E-state index in [4.69, 9.17) is 4.98 Å². The molecule has 25 heavy (non-hydrogen) atoms. The minimum atomic E-state index is 0.0598. The van der Waals surface area contributed by atoms with Crippen LogP contribution in [0.5, 0.6) is 0 Å². The molecule has 7 heteroatoms. The van der Waals surface area contributed by atoms with E-state index in [0.29, 0.717) is 18.7 Å². The van der Waals surface area contributed by atoms with Gasteiger partial charge < -0.3 is 9.80 Å². The molecule has 2 aromatic heterocycles. The lowest BCUT2D eigenvalue weighted by Crippen LogP contribution is -2.48. The van der Waals surface area contributed by atoms with E-state index in [2.05, 4.69) is 35.1 Å². The number of piperazine rings is 1. The number of hydrogen-bond acceptors (Lipinski definition) is 5. The van der Waals surface area contributed by atoms with Gasteiger partial charge in [-0.25, -0.2) is 4.98 Å². The number of thiazole rings is 1. The second-order valence-electron chi connectivity index (χ2n) is 6.33. The molecule has 1 aliphatic rings. The maximum absolute atomic E-state index is 12.5. The van der Waals surface area contributed by atoms with Crippen LogP contribution in [0.1, 0.15) is 22.8 Å². The third-order valence-electron chi connectivity index (χ3n) is 4.64. The summed E-state index contributed by atoms with van der Waals surface area (Å²) in [6.45, 7) is 5.22. The maximum atomic E-state index is 12.5. The number of aromatic nitrogens is 3. The summed E-state index contributed by atoms with van der Waals surface area (Å²) in [5.74, 6) is 0.0598. The normalized spacial score (nSPS) is 15.1. The second-order valence-corrected chi connectivity index (χ2v) is 7.34. The van der Waals surface area contributed by atoms with E-state index >= 15 is 0 Å². The lowest BCUT2D eigenvalue weighted by atomic mass is 10.2. The molecular weight excluding hydrogens is 334 g/mol. The Morgan fingerprint density at radius 3 is 2.72 bits per heavy atom. The van der Waals surface area contributed by atoms with Crippen LogP contribution < -0.4 is 4.90 Å². The molecule has 0 saturated carbocycles. The summed E-state index contributed by atoms with van der Waals surface area (Å²) in [6.07, 6.45) is 4.44. The van der Waals surface area contributed by atoms with Crippen LogP contribution in [0.4, 0.5) is 5.13 Å². The smallest absolute Gasteiger partial charge is 0.257 e. The zero-order valence-corrected chi connectivity index (χ0v) is 15.3. The first-order valence-electron chi connectivity index (χ1n) is 8.56. The van der Waals surface area contributed by atoms with Crippen molar-refractivity contribution in [1.29, 1.82) is 0 Å². The van der Waals surface area contributed by atoms with Crippen LogP contribution in [0.2, 0.25) is 0 Å². The first-order chi connectivity index (χ1) is 12.1. The van der Waals surface area contributed by atoms with Gasteiger partial charge in [0.1, 0.15) is 0 Å². The van der Waals surface area contributed by atoms with Gasteiger partial charge in [-0.2, -0.15) is 5.10 Å². The second kappa shape index (κ2) is 6.48. The SMILES string of the molecule is CCc1ccc2nc(N3CCN(C(=O)c4cnn(C)c4)CC3)sc2c1. The molecule has 0 bridgehead atoms. The number of carbonyl (C=O) groups excluding carboxylic acids is 1. The van der Waals surface area contributed by atoms with Crippen molar-refractivity contribution in [3.05, 3.63) is 41.7 Å². The average molecular weight is 355 g/mol. The Labute approximate surface area is 150 Å². The van der Waals surface area contributed by atoms with E-state index < -0.39 is 0 Å². The summed E-state index contributed by atoms with van der Waals surface area (Å²) in [6, 6.07) is 6.49. The Balaban J connectivity index is 1.45. The van der Waals surface area contributed by atoms with E-state index in [1.54, 1.807) is 28.4 Å². The van der Waals surface area contributed by atoms with E-state index in [9.17, 15) is 4.79 Å². The number of carbonyl (C=O) groups is 1. The molecule has 0 N–H and O–H groups in total. The van der Waals surface area contributed by atoms with Crippen molar-refractivity contribution in [3.63, 3.8) is 0 Å². The van der Waals surface area contributed by atoms with Crippen molar-refractivity contribution in [2.75, 3.05) is 31.1 Å². The topological polar surface area (TPSA) is 54.3 Å². The quantitative estimate of drug-likeness (QED) is 0.725. The van der Waals surface area contributed by atoms with Gasteiger partial charge in [-0.05, 0) is 24.1 Å². The summed E-state index contributed by atoms with van der Waals surface area (Å²) in [7, 11) is 1.83. The molecule has 4 rings (SSSR count). The van der Waals surface area contributed by atoms with Crippen molar-refractivity contribution >= 4 is 32.6 Å². The lowest BCUT2D eigenvalue weighted by Gasteiger charge is -2.34. The van der Waals surface area contributed by atoms with Crippen LogP contribution in [0.25, 0.3) is 10.2 Å². The lowest BCUT2D eigenvalue weighted by molar-refractivity contribution is 0.0746. The van der Waals surface area contributed by atoms with Gasteiger partial charge >= 0.3 is 0 Å². The number of nitrogens with zero attached hydrogens (tertiary/aromatic N) is 5. The first-order valence-corrected chi connectivity index (χ1v) is 9.38. The largest absolute Gasteiger partial charge is 0.345 e.